The highest BCUT2D eigenvalue weighted by Gasteiger charge is 2.47. The van der Waals surface area contributed by atoms with Gasteiger partial charge in [-0.25, -0.2) is 8.42 Å². The molecule has 1 aromatic rings. The molecule has 0 aromatic heterocycles. The third-order valence-corrected chi connectivity index (χ3v) is 7.71. The average Bonchev–Trinajstić information content (AvgIpc) is 3.24. The van der Waals surface area contributed by atoms with Gasteiger partial charge in [0.15, 0.2) is 0 Å². The van der Waals surface area contributed by atoms with Gasteiger partial charge in [0.1, 0.15) is 0 Å². The van der Waals surface area contributed by atoms with Gasteiger partial charge < -0.3 is 11.1 Å². The molecule has 1 aliphatic carbocycles. The Morgan fingerprint density at radius 3 is 2.69 bits per heavy atom. The van der Waals surface area contributed by atoms with Gasteiger partial charge in [0.2, 0.25) is 15.9 Å². The predicted molar refractivity (Wildman–Crippen MR) is 101 cm³/mol. The van der Waals surface area contributed by atoms with Crippen molar-refractivity contribution in [3.05, 3.63) is 29.8 Å². The first-order valence-corrected chi connectivity index (χ1v) is 11.2. The molecular formula is C19H26F3N3O3S. The van der Waals surface area contributed by atoms with Crippen molar-refractivity contribution in [2.45, 2.75) is 55.8 Å². The smallest absolute Gasteiger partial charge is 0.352 e. The van der Waals surface area contributed by atoms with Crippen LogP contribution >= 0.6 is 0 Å². The summed E-state index contributed by atoms with van der Waals surface area (Å²) in [6.45, 7) is 2.36. The summed E-state index contributed by atoms with van der Waals surface area (Å²) in [5.41, 5.74) is 4.86. The maximum atomic E-state index is 13.0. The van der Waals surface area contributed by atoms with Gasteiger partial charge in [0.05, 0.1) is 16.5 Å². The predicted octanol–water partition coefficient (Wildman–Crippen LogP) is 2.35. The van der Waals surface area contributed by atoms with E-state index in [0.29, 0.717) is 12.5 Å². The van der Waals surface area contributed by atoms with Gasteiger partial charge in [-0.2, -0.15) is 17.5 Å². The van der Waals surface area contributed by atoms with Crippen LogP contribution in [0, 0.1) is 11.8 Å². The molecule has 29 heavy (non-hydrogen) atoms. The van der Waals surface area contributed by atoms with Crippen molar-refractivity contribution in [1.82, 2.24) is 9.62 Å². The normalized spacial score (nSPS) is 26.3. The van der Waals surface area contributed by atoms with Crippen molar-refractivity contribution >= 4 is 15.9 Å². The van der Waals surface area contributed by atoms with Crippen LogP contribution in [-0.2, 0) is 21.0 Å². The van der Waals surface area contributed by atoms with Crippen molar-refractivity contribution in [3.63, 3.8) is 0 Å². The number of hydrogen-bond acceptors (Lipinski definition) is 4. The highest BCUT2D eigenvalue weighted by molar-refractivity contribution is 7.89. The number of nitrogens with one attached hydrogen (secondary N) is 1. The first-order chi connectivity index (χ1) is 13.5. The lowest BCUT2D eigenvalue weighted by molar-refractivity contribution is -0.137. The molecule has 2 aliphatic rings. The number of hydrogen-bond donors (Lipinski definition) is 2. The fraction of sp³-hybridized carbons (Fsp3) is 0.632. The van der Waals surface area contributed by atoms with E-state index in [1.807, 2.05) is 6.92 Å². The maximum Gasteiger partial charge on any atom is 0.416 e. The summed E-state index contributed by atoms with van der Waals surface area (Å²) in [6, 6.07) is 3.05. The molecule has 3 rings (SSSR count). The number of nitrogens with two attached hydrogens (primary N) is 1. The summed E-state index contributed by atoms with van der Waals surface area (Å²) in [7, 11) is -4.04. The second-order valence-electron chi connectivity index (χ2n) is 7.86. The third-order valence-electron chi connectivity index (χ3n) is 5.89. The Morgan fingerprint density at radius 2 is 2.03 bits per heavy atom. The Bertz CT molecular complexity index is 860. The number of halogens is 3. The zero-order valence-electron chi connectivity index (χ0n) is 16.2. The van der Waals surface area contributed by atoms with Crippen LogP contribution in [0.15, 0.2) is 29.2 Å². The van der Waals surface area contributed by atoms with Gasteiger partial charge in [0.25, 0.3) is 0 Å². The van der Waals surface area contributed by atoms with Crippen LogP contribution in [0.5, 0.6) is 0 Å². The van der Waals surface area contributed by atoms with E-state index in [1.165, 1.54) is 10.4 Å². The Labute approximate surface area is 168 Å². The van der Waals surface area contributed by atoms with Crippen molar-refractivity contribution in [2.24, 2.45) is 17.6 Å². The summed E-state index contributed by atoms with van der Waals surface area (Å²) in [5, 5.41) is 2.94. The number of rotatable bonds is 6. The van der Waals surface area contributed by atoms with Crippen molar-refractivity contribution in [1.29, 1.82) is 0 Å². The molecule has 1 heterocycles. The van der Waals surface area contributed by atoms with E-state index in [4.69, 9.17) is 5.73 Å². The highest BCUT2D eigenvalue weighted by Crippen LogP contribution is 2.40. The maximum absolute atomic E-state index is 13.0. The van der Waals surface area contributed by atoms with Crippen LogP contribution in [0.4, 0.5) is 13.2 Å². The summed E-state index contributed by atoms with van der Waals surface area (Å²) >= 11 is 0. The lowest BCUT2D eigenvalue weighted by Crippen LogP contribution is -2.47. The summed E-state index contributed by atoms with van der Waals surface area (Å²) in [6.07, 6.45) is -1.75. The van der Waals surface area contributed by atoms with Gasteiger partial charge in [-0.05, 0) is 49.3 Å². The molecule has 162 valence electrons. The average molecular weight is 433 g/mol. The molecule has 0 spiro atoms. The molecule has 1 amide bonds. The summed E-state index contributed by atoms with van der Waals surface area (Å²) < 4.78 is 65.9. The number of alkyl halides is 3. The molecule has 0 radical (unpaired) electrons. The van der Waals surface area contributed by atoms with E-state index in [0.717, 1.165) is 31.4 Å². The van der Waals surface area contributed by atoms with Crippen LogP contribution < -0.4 is 11.1 Å². The number of nitrogens with zero attached hydrogens (tertiary/aromatic N) is 1. The zero-order chi connectivity index (χ0) is 21.4. The van der Waals surface area contributed by atoms with Crippen LogP contribution in [0.25, 0.3) is 0 Å². The second kappa shape index (κ2) is 8.23. The minimum atomic E-state index is -4.61. The molecule has 4 atom stereocenters. The van der Waals surface area contributed by atoms with Gasteiger partial charge in [-0.1, -0.05) is 19.4 Å². The van der Waals surface area contributed by atoms with E-state index < -0.39 is 27.8 Å². The number of fused-ring (bicyclic) bond motifs is 1. The minimum Gasteiger partial charge on any atom is -0.352 e. The van der Waals surface area contributed by atoms with Crippen LogP contribution in [0.2, 0.25) is 0 Å². The minimum absolute atomic E-state index is 0.0617. The first kappa shape index (κ1) is 22.0. The molecule has 2 fully saturated rings. The monoisotopic (exact) mass is 433 g/mol. The lowest BCUT2D eigenvalue weighted by atomic mass is 9.97. The Balaban J connectivity index is 1.72. The molecule has 1 aliphatic heterocycles. The largest absolute Gasteiger partial charge is 0.416 e. The summed E-state index contributed by atoms with van der Waals surface area (Å²) in [4.78, 5) is 11.9. The highest BCUT2D eigenvalue weighted by atomic mass is 32.2. The van der Waals surface area contributed by atoms with Gasteiger partial charge in [-0.3, -0.25) is 4.79 Å². The standard InChI is InChI=1S/C19H26F3N3O3S/c1-2-4-16(23)18(26)24-17-8-7-12-10-25(11-15(12)17)29(27,28)14-6-3-5-13(9-14)19(20,21)22/h3,5-6,9,12,15-17H,2,4,7-8,10-11,23H2,1H3,(H,24,26)/t12-,15-,16+,17+/m1/s1. The number of amides is 1. The number of benzene rings is 1. The quantitative estimate of drug-likeness (QED) is 0.720. The van der Waals surface area contributed by atoms with E-state index in [-0.39, 0.29) is 41.8 Å². The Hall–Kier alpha value is -1.65. The van der Waals surface area contributed by atoms with E-state index in [9.17, 15) is 26.4 Å². The topological polar surface area (TPSA) is 92.5 Å². The number of sulfonamides is 1. The molecular weight excluding hydrogens is 407 g/mol. The fourth-order valence-corrected chi connectivity index (χ4v) is 5.89. The molecule has 0 unspecified atom stereocenters. The fourth-order valence-electron chi connectivity index (χ4n) is 4.31. The van der Waals surface area contributed by atoms with Crippen LogP contribution in [0.1, 0.15) is 38.2 Å². The first-order valence-electron chi connectivity index (χ1n) is 9.77. The Morgan fingerprint density at radius 1 is 1.31 bits per heavy atom. The molecule has 10 heteroatoms. The zero-order valence-corrected chi connectivity index (χ0v) is 17.0. The van der Waals surface area contributed by atoms with Crippen LogP contribution in [-0.4, -0.2) is 43.8 Å². The Kier molecular flexibility index (Phi) is 6.26. The molecule has 1 aromatic carbocycles. The number of carbonyl (C=O) groups excluding carboxylic acids is 1. The molecule has 3 N–H and O–H groups in total. The SMILES string of the molecule is CCC[C@H](N)C(=O)N[C@H]1CC[C@@H]2CN(S(=O)(=O)c3cccc(C(F)(F)F)c3)C[C@H]21. The van der Waals surface area contributed by atoms with Gasteiger partial charge in [-0.15, -0.1) is 0 Å². The van der Waals surface area contributed by atoms with E-state index >= 15 is 0 Å². The third kappa shape index (κ3) is 4.59. The molecule has 1 saturated heterocycles. The van der Waals surface area contributed by atoms with Crippen molar-refractivity contribution in [2.75, 3.05) is 13.1 Å². The summed E-state index contributed by atoms with van der Waals surface area (Å²) in [5.74, 6) is -0.228. The van der Waals surface area contributed by atoms with Gasteiger partial charge in [0, 0.05) is 19.1 Å². The molecule has 0 bridgehead atoms. The molecule has 1 saturated carbocycles. The number of carbonyl (C=O) groups is 1. The van der Waals surface area contributed by atoms with Gasteiger partial charge >= 0.3 is 6.18 Å². The van der Waals surface area contributed by atoms with Crippen molar-refractivity contribution in [3.8, 4) is 0 Å². The van der Waals surface area contributed by atoms with Crippen LogP contribution in [0.3, 0.4) is 0 Å². The second-order valence-corrected chi connectivity index (χ2v) is 9.80. The van der Waals surface area contributed by atoms with E-state index in [2.05, 4.69) is 5.32 Å². The lowest BCUT2D eigenvalue weighted by Gasteiger charge is -2.23. The van der Waals surface area contributed by atoms with E-state index in [1.54, 1.807) is 0 Å². The molecule has 6 nitrogen and oxygen atoms in total. The van der Waals surface area contributed by atoms with Crippen molar-refractivity contribution < 1.29 is 26.4 Å².